The molecule has 0 aliphatic heterocycles. The first-order valence-electron chi connectivity index (χ1n) is 6.07. The van der Waals surface area contributed by atoms with Crippen molar-refractivity contribution in [2.45, 2.75) is 26.2 Å². The topological polar surface area (TPSA) is 0 Å². The van der Waals surface area contributed by atoms with Crippen LogP contribution in [0.4, 0.5) is 0 Å². The van der Waals surface area contributed by atoms with Crippen molar-refractivity contribution in [3.8, 4) is 0 Å². The molecule has 0 aliphatic rings. The normalized spacial score (nSPS) is 10.5. The van der Waals surface area contributed by atoms with Crippen molar-refractivity contribution in [3.63, 3.8) is 0 Å². The van der Waals surface area contributed by atoms with Gasteiger partial charge in [-0.15, -0.1) is 8.58 Å². The molecule has 0 N–H and O–H groups in total. The first-order chi connectivity index (χ1) is 8.27. The van der Waals surface area contributed by atoms with Crippen LogP contribution in [0.5, 0.6) is 0 Å². The van der Waals surface area contributed by atoms with Crippen molar-refractivity contribution in [1.82, 2.24) is 0 Å². The van der Waals surface area contributed by atoms with Gasteiger partial charge in [-0.2, -0.15) is 0 Å². The Balaban J connectivity index is 1.93. The lowest BCUT2D eigenvalue weighted by molar-refractivity contribution is 1.26. The summed E-state index contributed by atoms with van der Waals surface area (Å²) in [5, 5.41) is 0. The smallest absolute Gasteiger partial charge is 0.00950 e. The van der Waals surface area contributed by atoms with Crippen molar-refractivity contribution in [1.29, 1.82) is 0 Å². The highest BCUT2D eigenvalue weighted by Crippen LogP contribution is 2.26. The van der Waals surface area contributed by atoms with Gasteiger partial charge in [0.05, 0.1) is 0 Å². The Bertz CT molecular complexity index is 443. The van der Waals surface area contributed by atoms with Crippen LogP contribution in [0.15, 0.2) is 48.5 Å². The van der Waals surface area contributed by atoms with Crippen LogP contribution in [-0.2, 0) is 12.3 Å². The van der Waals surface area contributed by atoms with E-state index in [0.29, 0.717) is 0 Å². The Morgan fingerprint density at radius 3 is 1.53 bits per heavy atom. The van der Waals surface area contributed by atoms with Gasteiger partial charge in [-0.3, -0.25) is 0 Å². The Labute approximate surface area is 106 Å². The highest BCUT2D eigenvalue weighted by molar-refractivity contribution is 7.36. The second-order valence-corrected chi connectivity index (χ2v) is 5.66. The number of hydrogen-bond acceptors (Lipinski definition) is 0. The molecule has 88 valence electrons. The minimum absolute atomic E-state index is 0.980. The van der Waals surface area contributed by atoms with Crippen molar-refractivity contribution in [2.75, 3.05) is 0 Å². The molecule has 0 aliphatic carbocycles. The molecular weight excluding hydrogens is 223 g/mol. The van der Waals surface area contributed by atoms with E-state index in [9.17, 15) is 0 Å². The predicted octanol–water partition coefficient (Wildman–Crippen LogP) is 4.68. The molecule has 0 fully saturated rings. The molecule has 0 bridgehead atoms. The summed E-state index contributed by atoms with van der Waals surface area (Å²) in [6.07, 6.45) is 2.42. The van der Waals surface area contributed by atoms with Crippen molar-refractivity contribution >= 4 is 8.58 Å². The molecule has 0 spiro atoms. The van der Waals surface area contributed by atoms with Crippen LogP contribution in [0.2, 0.25) is 0 Å². The van der Waals surface area contributed by atoms with E-state index < -0.39 is 0 Å². The summed E-state index contributed by atoms with van der Waals surface area (Å²) in [5.41, 5.74) is 5.84. The number of benzene rings is 2. The van der Waals surface area contributed by atoms with Crippen LogP contribution in [-0.4, -0.2) is 0 Å². The van der Waals surface area contributed by atoms with Crippen LogP contribution < -0.4 is 0 Å². The van der Waals surface area contributed by atoms with Gasteiger partial charge < -0.3 is 0 Å². The maximum Gasteiger partial charge on any atom is -0.00950 e. The molecule has 1 heteroatoms. The fourth-order valence-corrected chi connectivity index (χ4v) is 3.41. The largest absolute Gasteiger partial charge is 0.113 e. The molecule has 17 heavy (non-hydrogen) atoms. The van der Waals surface area contributed by atoms with Gasteiger partial charge in [0.15, 0.2) is 0 Å². The van der Waals surface area contributed by atoms with Gasteiger partial charge in [0.25, 0.3) is 0 Å². The summed E-state index contributed by atoms with van der Waals surface area (Å²) in [6.45, 7) is 4.40. The third-order valence-electron chi connectivity index (χ3n) is 3.15. The quantitative estimate of drug-likeness (QED) is 0.683. The number of hydrogen-bond donors (Lipinski definition) is 0. The van der Waals surface area contributed by atoms with E-state index in [-0.39, 0.29) is 0 Å². The van der Waals surface area contributed by atoms with Gasteiger partial charge in [0.1, 0.15) is 0 Å². The van der Waals surface area contributed by atoms with Crippen molar-refractivity contribution in [2.24, 2.45) is 0 Å². The summed E-state index contributed by atoms with van der Waals surface area (Å²) in [6, 6.07) is 17.4. The van der Waals surface area contributed by atoms with E-state index in [1.807, 2.05) is 0 Å². The van der Waals surface area contributed by atoms with Gasteiger partial charge in [-0.05, 0) is 48.4 Å². The molecule has 0 amide bonds. The van der Waals surface area contributed by atoms with Crippen LogP contribution in [0.1, 0.15) is 22.3 Å². The summed E-state index contributed by atoms with van der Waals surface area (Å²) in [4.78, 5) is 0. The zero-order valence-electron chi connectivity index (χ0n) is 10.5. The van der Waals surface area contributed by atoms with Gasteiger partial charge in [-0.1, -0.05) is 48.5 Å². The van der Waals surface area contributed by atoms with E-state index in [0.717, 1.165) is 8.58 Å². The molecule has 2 rings (SSSR count). The number of aryl methyl sites for hydroxylation is 2. The fraction of sp³-hybridized carbons (Fsp3) is 0.250. The zero-order valence-corrected chi connectivity index (χ0v) is 11.5. The van der Waals surface area contributed by atoms with Crippen LogP contribution in [0.3, 0.4) is 0 Å². The first kappa shape index (κ1) is 12.3. The molecule has 0 nitrogen and oxygen atoms in total. The van der Waals surface area contributed by atoms with Gasteiger partial charge >= 0.3 is 0 Å². The maximum absolute atomic E-state index is 2.25. The second kappa shape index (κ2) is 5.98. The minimum Gasteiger partial charge on any atom is -0.113 e. The summed E-state index contributed by atoms with van der Waals surface area (Å²) >= 11 is 0. The molecule has 0 saturated carbocycles. The van der Waals surface area contributed by atoms with E-state index >= 15 is 0 Å². The highest BCUT2D eigenvalue weighted by Gasteiger charge is 1.99. The highest BCUT2D eigenvalue weighted by atomic mass is 31.1. The standard InChI is InChI=1S/C16H19P/c1-13-7-3-5-9-15(13)11-17-12-16-10-6-4-8-14(16)2/h3-10,17H,11-12H2,1-2H3. The van der Waals surface area contributed by atoms with E-state index in [4.69, 9.17) is 0 Å². The molecule has 0 atom stereocenters. The lowest BCUT2D eigenvalue weighted by Gasteiger charge is -2.07. The fourth-order valence-electron chi connectivity index (χ4n) is 1.95. The van der Waals surface area contributed by atoms with Crippen molar-refractivity contribution < 1.29 is 0 Å². The van der Waals surface area contributed by atoms with E-state index in [1.165, 1.54) is 34.6 Å². The molecule has 0 unspecified atom stereocenters. The monoisotopic (exact) mass is 242 g/mol. The van der Waals surface area contributed by atoms with Crippen LogP contribution in [0, 0.1) is 13.8 Å². The SMILES string of the molecule is Cc1ccccc1CPCc1ccccc1C. The van der Waals surface area contributed by atoms with Crippen LogP contribution >= 0.6 is 8.58 Å². The Hall–Kier alpha value is -1.13. The Morgan fingerprint density at radius 2 is 1.12 bits per heavy atom. The molecule has 0 radical (unpaired) electrons. The van der Waals surface area contributed by atoms with E-state index in [1.54, 1.807) is 0 Å². The molecule has 2 aromatic rings. The summed E-state index contributed by atoms with van der Waals surface area (Å²) in [5.74, 6) is 0. The molecule has 2 aromatic carbocycles. The lowest BCUT2D eigenvalue weighted by atomic mass is 10.1. The second-order valence-electron chi connectivity index (χ2n) is 4.46. The third-order valence-corrected chi connectivity index (χ3v) is 4.42. The van der Waals surface area contributed by atoms with Gasteiger partial charge in [0.2, 0.25) is 0 Å². The summed E-state index contributed by atoms with van der Waals surface area (Å²) in [7, 11) is 0.980. The molecule has 0 saturated heterocycles. The van der Waals surface area contributed by atoms with Gasteiger partial charge in [-0.25, -0.2) is 0 Å². The average Bonchev–Trinajstić information content (AvgIpc) is 2.34. The first-order valence-corrected chi connectivity index (χ1v) is 7.48. The zero-order chi connectivity index (χ0) is 12.1. The predicted molar refractivity (Wildman–Crippen MR) is 78.1 cm³/mol. The lowest BCUT2D eigenvalue weighted by Crippen LogP contribution is -1.87. The Kier molecular flexibility index (Phi) is 4.34. The Morgan fingerprint density at radius 1 is 0.706 bits per heavy atom. The third kappa shape index (κ3) is 3.41. The van der Waals surface area contributed by atoms with Crippen LogP contribution in [0.25, 0.3) is 0 Å². The summed E-state index contributed by atoms with van der Waals surface area (Å²) < 4.78 is 0. The molecular formula is C16H19P. The average molecular weight is 242 g/mol. The minimum atomic E-state index is 0.980. The van der Waals surface area contributed by atoms with Gasteiger partial charge in [0, 0.05) is 0 Å². The van der Waals surface area contributed by atoms with Crippen molar-refractivity contribution in [3.05, 3.63) is 70.8 Å². The van der Waals surface area contributed by atoms with E-state index in [2.05, 4.69) is 62.4 Å². The number of rotatable bonds is 4. The molecule has 0 aromatic heterocycles. The molecule has 0 heterocycles. The maximum atomic E-state index is 2.25.